The van der Waals surface area contributed by atoms with E-state index in [0.717, 1.165) is 15.3 Å². The molecular weight excluding hydrogens is 401 g/mol. The summed E-state index contributed by atoms with van der Waals surface area (Å²) in [6.07, 6.45) is 1.35. The predicted molar refractivity (Wildman–Crippen MR) is 117 cm³/mol. The van der Waals surface area contributed by atoms with Crippen LogP contribution in [-0.4, -0.2) is 37.1 Å². The van der Waals surface area contributed by atoms with Crippen molar-refractivity contribution in [2.24, 2.45) is 5.92 Å². The fraction of sp³-hybridized carbons (Fsp3) is 0.318. The third-order valence-corrected chi connectivity index (χ3v) is 6.27. The minimum atomic E-state index is -0.391. The predicted octanol–water partition coefficient (Wildman–Crippen LogP) is 3.75. The number of amides is 1. The Hall–Kier alpha value is -3.18. The Bertz CT molecular complexity index is 1050. The number of aromatic nitrogens is 1. The van der Waals surface area contributed by atoms with Gasteiger partial charge in [0, 0.05) is 32.1 Å². The largest absolute Gasteiger partial charge is 0.369 e. The Morgan fingerprint density at radius 2 is 2.03 bits per heavy atom. The van der Waals surface area contributed by atoms with Crippen LogP contribution in [0.25, 0.3) is 10.2 Å². The summed E-state index contributed by atoms with van der Waals surface area (Å²) in [7, 11) is 0. The number of benzene rings is 2. The van der Waals surface area contributed by atoms with Crippen molar-refractivity contribution in [3.05, 3.63) is 53.8 Å². The zero-order valence-electron chi connectivity index (χ0n) is 16.4. The van der Waals surface area contributed by atoms with Gasteiger partial charge in [-0.05, 0) is 43.2 Å². The first-order chi connectivity index (χ1) is 14.6. The van der Waals surface area contributed by atoms with E-state index in [0.29, 0.717) is 50.3 Å². The molecule has 0 saturated carbocycles. The summed E-state index contributed by atoms with van der Waals surface area (Å²) in [6.45, 7) is 2.37. The van der Waals surface area contributed by atoms with E-state index in [1.165, 1.54) is 6.07 Å². The third kappa shape index (κ3) is 4.52. The maximum atomic E-state index is 14.2. The van der Waals surface area contributed by atoms with Gasteiger partial charge < -0.3 is 15.5 Å². The van der Waals surface area contributed by atoms with Gasteiger partial charge in [-0.15, -0.1) is 0 Å². The molecule has 3 aromatic rings. The van der Waals surface area contributed by atoms with Gasteiger partial charge in [-0.2, -0.15) is 5.26 Å². The number of thiazole rings is 1. The van der Waals surface area contributed by atoms with Crippen molar-refractivity contribution in [2.75, 3.05) is 36.4 Å². The minimum absolute atomic E-state index is 0.0426. The van der Waals surface area contributed by atoms with Crippen molar-refractivity contribution >= 4 is 38.3 Å². The van der Waals surface area contributed by atoms with Crippen LogP contribution in [0.15, 0.2) is 42.5 Å². The van der Waals surface area contributed by atoms with Gasteiger partial charge in [-0.3, -0.25) is 4.79 Å². The summed E-state index contributed by atoms with van der Waals surface area (Å²) >= 11 is 1.60. The van der Waals surface area contributed by atoms with Gasteiger partial charge in [-0.1, -0.05) is 23.5 Å². The van der Waals surface area contributed by atoms with Crippen molar-refractivity contribution in [1.29, 1.82) is 5.26 Å². The highest BCUT2D eigenvalue weighted by atomic mass is 32.1. The molecule has 1 aliphatic heterocycles. The van der Waals surface area contributed by atoms with Crippen LogP contribution in [0, 0.1) is 23.1 Å². The van der Waals surface area contributed by atoms with Gasteiger partial charge >= 0.3 is 0 Å². The molecule has 1 aliphatic rings. The molecule has 1 fully saturated rings. The van der Waals surface area contributed by atoms with E-state index in [4.69, 9.17) is 5.26 Å². The van der Waals surface area contributed by atoms with Gasteiger partial charge in [0.05, 0.1) is 27.5 Å². The maximum absolute atomic E-state index is 14.2. The zero-order chi connectivity index (χ0) is 20.9. The second-order valence-electron chi connectivity index (χ2n) is 7.24. The molecular formula is C22H22FN5OS. The summed E-state index contributed by atoms with van der Waals surface area (Å²) in [6, 6.07) is 14.4. The number of carbonyl (C=O) groups excluding carboxylic acids is 1. The fourth-order valence-corrected chi connectivity index (χ4v) is 4.55. The number of halogens is 1. The van der Waals surface area contributed by atoms with Gasteiger partial charge in [0.15, 0.2) is 5.13 Å². The Morgan fingerprint density at radius 1 is 1.23 bits per heavy atom. The number of para-hydroxylation sites is 1. The van der Waals surface area contributed by atoms with E-state index < -0.39 is 5.82 Å². The van der Waals surface area contributed by atoms with E-state index in [2.05, 4.69) is 15.6 Å². The number of fused-ring (bicyclic) bond motifs is 1. The molecule has 2 heterocycles. The molecule has 0 unspecified atom stereocenters. The van der Waals surface area contributed by atoms with E-state index in [1.54, 1.807) is 23.5 Å². The molecule has 8 heteroatoms. The van der Waals surface area contributed by atoms with Gasteiger partial charge in [0.25, 0.3) is 0 Å². The lowest BCUT2D eigenvalue weighted by Crippen LogP contribution is -2.41. The molecule has 0 atom stereocenters. The molecule has 1 saturated heterocycles. The zero-order valence-corrected chi connectivity index (χ0v) is 17.2. The number of hydrogen-bond donors (Lipinski definition) is 2. The molecule has 6 nitrogen and oxygen atoms in total. The topological polar surface area (TPSA) is 81.0 Å². The molecule has 0 bridgehead atoms. The van der Waals surface area contributed by atoms with Crippen LogP contribution in [0.5, 0.6) is 0 Å². The first-order valence-electron chi connectivity index (χ1n) is 9.96. The van der Waals surface area contributed by atoms with Crippen LogP contribution >= 0.6 is 11.3 Å². The number of anilines is 2. The molecule has 1 amide bonds. The van der Waals surface area contributed by atoms with Crippen LogP contribution in [0.2, 0.25) is 0 Å². The second-order valence-corrected chi connectivity index (χ2v) is 8.27. The maximum Gasteiger partial charge on any atom is 0.223 e. The van der Waals surface area contributed by atoms with Crippen LogP contribution in [-0.2, 0) is 4.79 Å². The number of piperidine rings is 1. The van der Waals surface area contributed by atoms with E-state index >= 15 is 0 Å². The van der Waals surface area contributed by atoms with Crippen LogP contribution in [0.3, 0.4) is 0 Å². The quantitative estimate of drug-likeness (QED) is 0.590. The van der Waals surface area contributed by atoms with Crippen molar-refractivity contribution in [2.45, 2.75) is 12.8 Å². The molecule has 1 aromatic heterocycles. The standard InChI is InChI=1S/C22H22FN5OS/c23-17-13-15(14-24)5-6-19(17)28-11-7-16(8-12-28)21(29)25-9-10-26-22-27-18-3-1-2-4-20(18)30-22/h1-6,13,16H,7-12H2,(H,25,29)(H,26,27). The highest BCUT2D eigenvalue weighted by Gasteiger charge is 2.26. The third-order valence-electron chi connectivity index (χ3n) is 5.28. The molecule has 2 aromatic carbocycles. The summed E-state index contributed by atoms with van der Waals surface area (Å²) in [5.41, 5.74) is 1.78. The average molecular weight is 424 g/mol. The normalized spacial score (nSPS) is 14.5. The van der Waals surface area contributed by atoms with Crippen molar-refractivity contribution < 1.29 is 9.18 Å². The number of carbonyl (C=O) groups is 1. The van der Waals surface area contributed by atoms with Crippen molar-refractivity contribution in [1.82, 2.24) is 10.3 Å². The first kappa shape index (κ1) is 20.1. The van der Waals surface area contributed by atoms with Crippen molar-refractivity contribution in [3.8, 4) is 6.07 Å². The molecule has 0 aliphatic carbocycles. The van der Waals surface area contributed by atoms with Crippen molar-refractivity contribution in [3.63, 3.8) is 0 Å². The highest BCUT2D eigenvalue weighted by Crippen LogP contribution is 2.27. The highest BCUT2D eigenvalue weighted by molar-refractivity contribution is 7.22. The Morgan fingerprint density at radius 3 is 2.77 bits per heavy atom. The molecule has 30 heavy (non-hydrogen) atoms. The minimum Gasteiger partial charge on any atom is -0.369 e. The molecule has 0 radical (unpaired) electrons. The van der Waals surface area contributed by atoms with E-state index in [1.807, 2.05) is 35.2 Å². The number of nitrogens with one attached hydrogen (secondary N) is 2. The number of rotatable bonds is 6. The van der Waals surface area contributed by atoms with Gasteiger partial charge in [0.2, 0.25) is 5.91 Å². The monoisotopic (exact) mass is 423 g/mol. The fourth-order valence-electron chi connectivity index (χ4n) is 3.66. The number of hydrogen-bond acceptors (Lipinski definition) is 6. The summed E-state index contributed by atoms with van der Waals surface area (Å²) in [5, 5.41) is 16.0. The summed E-state index contributed by atoms with van der Waals surface area (Å²) < 4.78 is 15.3. The van der Waals surface area contributed by atoms with Crippen LogP contribution < -0.4 is 15.5 Å². The van der Waals surface area contributed by atoms with E-state index in [9.17, 15) is 9.18 Å². The smallest absolute Gasteiger partial charge is 0.223 e. The molecule has 0 spiro atoms. The lowest BCUT2D eigenvalue weighted by Gasteiger charge is -2.33. The summed E-state index contributed by atoms with van der Waals surface area (Å²) in [4.78, 5) is 18.9. The lowest BCUT2D eigenvalue weighted by atomic mass is 9.95. The SMILES string of the molecule is N#Cc1ccc(N2CCC(C(=O)NCCNc3nc4ccccc4s3)CC2)c(F)c1. The molecule has 4 rings (SSSR count). The number of nitriles is 1. The molecule has 154 valence electrons. The number of nitrogens with zero attached hydrogens (tertiary/aromatic N) is 3. The average Bonchev–Trinajstić information content (AvgIpc) is 3.19. The second kappa shape index (κ2) is 9.09. The molecule has 2 N–H and O–H groups in total. The lowest BCUT2D eigenvalue weighted by molar-refractivity contribution is -0.125. The van der Waals surface area contributed by atoms with Gasteiger partial charge in [-0.25, -0.2) is 9.37 Å². The first-order valence-corrected chi connectivity index (χ1v) is 10.8. The van der Waals surface area contributed by atoms with E-state index in [-0.39, 0.29) is 11.8 Å². The van der Waals surface area contributed by atoms with Crippen LogP contribution in [0.1, 0.15) is 18.4 Å². The Kier molecular flexibility index (Phi) is 6.10. The summed E-state index contributed by atoms with van der Waals surface area (Å²) in [5.74, 6) is -0.413. The van der Waals surface area contributed by atoms with Gasteiger partial charge in [0.1, 0.15) is 5.82 Å². The van der Waals surface area contributed by atoms with Crippen LogP contribution in [0.4, 0.5) is 15.2 Å². The Labute approximate surface area is 178 Å². The Balaban J connectivity index is 1.21.